The summed E-state index contributed by atoms with van der Waals surface area (Å²) < 4.78 is 11.3. The summed E-state index contributed by atoms with van der Waals surface area (Å²) in [7, 11) is 0. The minimum Gasteiger partial charge on any atom is -0.494 e. The Morgan fingerprint density at radius 1 is 1.20 bits per heavy atom. The molecule has 1 amide bonds. The Morgan fingerprint density at radius 2 is 1.90 bits per heavy atom. The maximum atomic E-state index is 13.0. The van der Waals surface area contributed by atoms with Gasteiger partial charge in [0.2, 0.25) is 0 Å². The third-order valence-electron chi connectivity index (χ3n) is 5.34. The number of carbonyl (C=O) groups is 1. The molecule has 0 radical (unpaired) electrons. The number of amides is 1. The molecule has 0 atom stereocenters. The fourth-order valence-electron chi connectivity index (χ4n) is 4.03. The van der Waals surface area contributed by atoms with Crippen LogP contribution in [0.3, 0.4) is 0 Å². The maximum absolute atomic E-state index is 13.0. The lowest BCUT2D eigenvalue weighted by Gasteiger charge is -2.34. The van der Waals surface area contributed by atoms with Crippen LogP contribution in [-0.2, 0) is 0 Å². The van der Waals surface area contributed by atoms with Crippen molar-refractivity contribution in [2.75, 3.05) is 26.3 Å². The molecule has 2 aromatic rings. The van der Waals surface area contributed by atoms with Gasteiger partial charge in [0.05, 0.1) is 24.5 Å². The van der Waals surface area contributed by atoms with Crippen LogP contribution < -0.4 is 9.47 Å². The first kappa shape index (κ1) is 22.2. The van der Waals surface area contributed by atoms with Crippen LogP contribution in [0.15, 0.2) is 24.3 Å². The molecule has 7 heteroatoms. The van der Waals surface area contributed by atoms with E-state index in [0.717, 1.165) is 30.6 Å². The maximum Gasteiger partial charge on any atom is 0.271 e. The van der Waals surface area contributed by atoms with E-state index in [1.54, 1.807) is 6.07 Å². The molecule has 1 fully saturated rings. The van der Waals surface area contributed by atoms with E-state index in [2.05, 4.69) is 10.2 Å². The zero-order valence-electron chi connectivity index (χ0n) is 18.4. The lowest BCUT2D eigenvalue weighted by molar-refractivity contribution is 0.0357. The minimum absolute atomic E-state index is 0.0469. The lowest BCUT2D eigenvalue weighted by atomic mass is 9.86. The summed E-state index contributed by atoms with van der Waals surface area (Å²) in [5.41, 5.74) is 1.25. The second-order valence-corrected chi connectivity index (χ2v) is 8.44. The number of likely N-dealkylation sites (tertiary alicyclic amines) is 1. The monoisotopic (exact) mass is 415 g/mol. The summed E-state index contributed by atoms with van der Waals surface area (Å²) >= 11 is 0. The van der Waals surface area contributed by atoms with Crippen LogP contribution in [0.2, 0.25) is 0 Å². The predicted octanol–water partition coefficient (Wildman–Crippen LogP) is 3.89. The first-order valence-corrected chi connectivity index (χ1v) is 10.8. The molecule has 0 unspecified atom stereocenters. The molecule has 1 aromatic carbocycles. The number of carbonyl (C=O) groups excluding carboxylic acids is 1. The topological polar surface area (TPSA) is 87.7 Å². The Kier molecular flexibility index (Phi) is 7.02. The zero-order chi connectivity index (χ0) is 21.7. The number of hydrogen-bond donors (Lipinski definition) is 2. The quantitative estimate of drug-likeness (QED) is 0.683. The number of rotatable bonds is 8. The van der Waals surface area contributed by atoms with Crippen LogP contribution in [0.1, 0.15) is 57.4 Å². The molecule has 0 spiro atoms. The van der Waals surface area contributed by atoms with Crippen LogP contribution in [0.25, 0.3) is 11.3 Å². The second kappa shape index (κ2) is 9.51. The number of aromatic amines is 1. The van der Waals surface area contributed by atoms with Gasteiger partial charge in [-0.2, -0.15) is 5.10 Å². The van der Waals surface area contributed by atoms with E-state index in [1.807, 2.05) is 50.8 Å². The molecule has 2 N–H and O–H groups in total. The highest BCUT2D eigenvalue weighted by molar-refractivity contribution is 5.93. The van der Waals surface area contributed by atoms with Gasteiger partial charge in [-0.15, -0.1) is 0 Å². The first-order valence-electron chi connectivity index (χ1n) is 10.8. The first-order chi connectivity index (χ1) is 14.3. The number of hydrogen-bond acceptors (Lipinski definition) is 5. The average Bonchev–Trinajstić information content (AvgIpc) is 3.18. The average molecular weight is 416 g/mol. The number of ether oxygens (including phenoxy) is 2. The number of benzene rings is 1. The number of H-pyrrole nitrogens is 1. The third-order valence-corrected chi connectivity index (χ3v) is 5.34. The van der Waals surface area contributed by atoms with E-state index in [1.165, 1.54) is 0 Å². The number of aromatic nitrogens is 2. The molecule has 0 saturated carbocycles. The van der Waals surface area contributed by atoms with Gasteiger partial charge in [0, 0.05) is 18.7 Å². The van der Waals surface area contributed by atoms with Crippen molar-refractivity contribution in [3.05, 3.63) is 30.0 Å². The zero-order valence-corrected chi connectivity index (χ0v) is 18.4. The summed E-state index contributed by atoms with van der Waals surface area (Å²) in [5.74, 6) is 1.84. The molecule has 1 aliphatic rings. The van der Waals surface area contributed by atoms with Gasteiger partial charge < -0.3 is 19.5 Å². The summed E-state index contributed by atoms with van der Waals surface area (Å²) in [6.45, 7) is 10.0. The molecular formula is C23H33N3O4. The van der Waals surface area contributed by atoms with E-state index in [9.17, 15) is 9.90 Å². The highest BCUT2D eigenvalue weighted by Gasteiger charge is 2.28. The standard InChI is InChI=1S/C23H33N3O4/c1-5-29-17-7-8-21(30-6-2)18(13-17)19-14-20(25-24-19)22(27)26-11-9-16(10-12-26)15-23(3,4)28/h7-8,13-14,16,28H,5-6,9-12,15H2,1-4H3,(H,24,25). The van der Waals surface area contributed by atoms with E-state index < -0.39 is 5.60 Å². The van der Waals surface area contributed by atoms with Gasteiger partial charge in [-0.05, 0) is 77.1 Å². The van der Waals surface area contributed by atoms with Gasteiger partial charge in [-0.25, -0.2) is 0 Å². The van der Waals surface area contributed by atoms with Gasteiger partial charge in [-0.3, -0.25) is 9.89 Å². The highest BCUT2D eigenvalue weighted by Crippen LogP contribution is 2.33. The molecule has 3 rings (SSSR count). The largest absolute Gasteiger partial charge is 0.494 e. The summed E-state index contributed by atoms with van der Waals surface area (Å²) in [4.78, 5) is 14.8. The predicted molar refractivity (Wildman–Crippen MR) is 116 cm³/mol. The smallest absolute Gasteiger partial charge is 0.271 e. The molecule has 0 bridgehead atoms. The van der Waals surface area contributed by atoms with Crippen molar-refractivity contribution in [1.29, 1.82) is 0 Å². The van der Waals surface area contributed by atoms with Crippen molar-refractivity contribution < 1.29 is 19.4 Å². The van der Waals surface area contributed by atoms with Crippen molar-refractivity contribution >= 4 is 5.91 Å². The van der Waals surface area contributed by atoms with Crippen LogP contribution >= 0.6 is 0 Å². The van der Waals surface area contributed by atoms with Crippen LogP contribution in [0, 0.1) is 5.92 Å². The number of nitrogens with one attached hydrogen (secondary N) is 1. The summed E-state index contributed by atoms with van der Waals surface area (Å²) in [6.07, 6.45) is 2.57. The van der Waals surface area contributed by atoms with Gasteiger partial charge >= 0.3 is 0 Å². The Bertz CT molecular complexity index is 848. The molecule has 0 aliphatic carbocycles. The van der Waals surface area contributed by atoms with Crippen LogP contribution in [0.4, 0.5) is 0 Å². The Balaban J connectivity index is 1.72. The summed E-state index contributed by atoms with van der Waals surface area (Å²) in [5, 5.41) is 17.3. The van der Waals surface area contributed by atoms with E-state index >= 15 is 0 Å². The van der Waals surface area contributed by atoms with Crippen molar-refractivity contribution in [1.82, 2.24) is 15.1 Å². The minimum atomic E-state index is -0.663. The normalized spacial score (nSPS) is 15.3. The molecular weight excluding hydrogens is 382 g/mol. The molecule has 30 heavy (non-hydrogen) atoms. The van der Waals surface area contributed by atoms with Gasteiger partial charge in [0.15, 0.2) is 0 Å². The Hall–Kier alpha value is -2.54. The van der Waals surface area contributed by atoms with Crippen molar-refractivity contribution in [3.63, 3.8) is 0 Å². The molecule has 2 heterocycles. The van der Waals surface area contributed by atoms with Crippen molar-refractivity contribution in [3.8, 4) is 22.8 Å². The molecule has 1 saturated heterocycles. The molecule has 1 aliphatic heterocycles. The van der Waals surface area contributed by atoms with Gasteiger partial charge in [-0.1, -0.05) is 0 Å². The lowest BCUT2D eigenvalue weighted by Crippen LogP contribution is -2.40. The summed E-state index contributed by atoms with van der Waals surface area (Å²) in [6, 6.07) is 7.40. The SMILES string of the molecule is CCOc1ccc(OCC)c(-c2cc(C(=O)N3CCC(CC(C)(C)O)CC3)[nH]n2)c1. The van der Waals surface area contributed by atoms with Gasteiger partial charge in [0.25, 0.3) is 5.91 Å². The molecule has 164 valence electrons. The molecule has 7 nitrogen and oxygen atoms in total. The van der Waals surface area contributed by atoms with Crippen molar-refractivity contribution in [2.45, 2.75) is 52.6 Å². The van der Waals surface area contributed by atoms with Gasteiger partial charge in [0.1, 0.15) is 17.2 Å². The Labute approximate surface area is 178 Å². The van der Waals surface area contributed by atoms with Crippen molar-refractivity contribution in [2.24, 2.45) is 5.92 Å². The van der Waals surface area contributed by atoms with E-state index in [0.29, 0.717) is 49.4 Å². The van der Waals surface area contributed by atoms with Crippen LogP contribution in [-0.4, -0.2) is 58.0 Å². The number of piperidine rings is 1. The van der Waals surface area contributed by atoms with Crippen LogP contribution in [0.5, 0.6) is 11.5 Å². The molecule has 1 aromatic heterocycles. The Morgan fingerprint density at radius 3 is 2.53 bits per heavy atom. The number of nitrogens with zero attached hydrogens (tertiary/aromatic N) is 2. The fourth-order valence-corrected chi connectivity index (χ4v) is 4.03. The fraction of sp³-hybridized carbons (Fsp3) is 0.565. The van der Waals surface area contributed by atoms with E-state index in [-0.39, 0.29) is 5.91 Å². The van der Waals surface area contributed by atoms with E-state index in [4.69, 9.17) is 9.47 Å². The second-order valence-electron chi connectivity index (χ2n) is 8.44. The number of aliphatic hydroxyl groups is 1. The highest BCUT2D eigenvalue weighted by atomic mass is 16.5. The third kappa shape index (κ3) is 5.53.